The SMILES string of the molecule is CN(Cc1cnn(C)c1)C(=O)c1csc(-c2ccco2)n1. The Hall–Kier alpha value is -2.41. The molecule has 0 bridgehead atoms. The molecule has 0 spiro atoms. The van der Waals surface area contributed by atoms with Crippen molar-refractivity contribution in [3.05, 3.63) is 47.4 Å². The standard InChI is InChI=1S/C14H14N4O2S/c1-17(7-10-6-15-18(2)8-10)14(19)11-9-21-13(16-11)12-4-3-5-20-12/h3-6,8-9H,7H2,1-2H3. The van der Waals surface area contributed by atoms with Crippen molar-refractivity contribution in [1.82, 2.24) is 19.7 Å². The largest absolute Gasteiger partial charge is 0.462 e. The molecule has 21 heavy (non-hydrogen) atoms. The number of furan rings is 1. The van der Waals surface area contributed by atoms with E-state index in [0.29, 0.717) is 23.0 Å². The number of aryl methyl sites for hydroxylation is 1. The summed E-state index contributed by atoms with van der Waals surface area (Å²) in [5.41, 5.74) is 1.41. The number of amides is 1. The fourth-order valence-electron chi connectivity index (χ4n) is 1.98. The summed E-state index contributed by atoms with van der Waals surface area (Å²) >= 11 is 1.39. The molecule has 0 radical (unpaired) electrons. The third-order valence-corrected chi connectivity index (χ3v) is 3.84. The first kappa shape index (κ1) is 13.6. The minimum Gasteiger partial charge on any atom is -0.462 e. The predicted octanol–water partition coefficient (Wildman–Crippen LogP) is 2.41. The van der Waals surface area contributed by atoms with Gasteiger partial charge in [0.05, 0.1) is 12.5 Å². The molecule has 0 aliphatic rings. The average Bonchev–Trinajstić information content (AvgIpc) is 3.18. The Morgan fingerprint density at radius 2 is 2.38 bits per heavy atom. The number of nitrogens with zero attached hydrogens (tertiary/aromatic N) is 4. The number of hydrogen-bond acceptors (Lipinski definition) is 5. The maximum absolute atomic E-state index is 12.4. The summed E-state index contributed by atoms with van der Waals surface area (Å²) in [6, 6.07) is 3.62. The highest BCUT2D eigenvalue weighted by molar-refractivity contribution is 7.13. The maximum atomic E-state index is 12.4. The fourth-order valence-corrected chi connectivity index (χ4v) is 2.74. The zero-order valence-corrected chi connectivity index (χ0v) is 12.5. The van der Waals surface area contributed by atoms with Gasteiger partial charge in [-0.1, -0.05) is 0 Å². The van der Waals surface area contributed by atoms with Crippen molar-refractivity contribution in [3.63, 3.8) is 0 Å². The van der Waals surface area contributed by atoms with Crippen LogP contribution in [0.15, 0.2) is 40.6 Å². The number of carbonyl (C=O) groups excluding carboxylic acids is 1. The molecule has 0 aliphatic carbocycles. The lowest BCUT2D eigenvalue weighted by Gasteiger charge is -2.14. The second-order valence-corrected chi connectivity index (χ2v) is 5.56. The van der Waals surface area contributed by atoms with E-state index in [4.69, 9.17) is 4.42 Å². The highest BCUT2D eigenvalue weighted by Crippen LogP contribution is 2.24. The molecule has 0 unspecified atom stereocenters. The summed E-state index contributed by atoms with van der Waals surface area (Å²) in [6.07, 6.45) is 5.23. The molecule has 0 fully saturated rings. The van der Waals surface area contributed by atoms with Gasteiger partial charge in [-0.3, -0.25) is 9.48 Å². The summed E-state index contributed by atoms with van der Waals surface area (Å²) in [5, 5.41) is 6.55. The zero-order chi connectivity index (χ0) is 14.8. The molecular weight excluding hydrogens is 288 g/mol. The van der Waals surface area contributed by atoms with Gasteiger partial charge in [0.15, 0.2) is 10.8 Å². The van der Waals surface area contributed by atoms with Gasteiger partial charge in [-0.25, -0.2) is 4.98 Å². The number of rotatable bonds is 4. The Kier molecular flexibility index (Phi) is 3.57. The molecule has 3 heterocycles. The quantitative estimate of drug-likeness (QED) is 0.742. The van der Waals surface area contributed by atoms with Crippen molar-refractivity contribution in [1.29, 1.82) is 0 Å². The molecule has 3 aromatic rings. The maximum Gasteiger partial charge on any atom is 0.273 e. The fraction of sp³-hybridized carbons (Fsp3) is 0.214. The van der Waals surface area contributed by atoms with Gasteiger partial charge in [-0.05, 0) is 12.1 Å². The van der Waals surface area contributed by atoms with E-state index in [-0.39, 0.29) is 5.91 Å². The van der Waals surface area contributed by atoms with Crippen molar-refractivity contribution in [2.24, 2.45) is 7.05 Å². The van der Waals surface area contributed by atoms with E-state index in [2.05, 4.69) is 10.1 Å². The van der Waals surface area contributed by atoms with Crippen LogP contribution < -0.4 is 0 Å². The van der Waals surface area contributed by atoms with Crippen LogP contribution in [-0.2, 0) is 13.6 Å². The highest BCUT2D eigenvalue weighted by Gasteiger charge is 2.17. The first-order valence-corrected chi connectivity index (χ1v) is 7.24. The van der Waals surface area contributed by atoms with E-state index in [9.17, 15) is 4.79 Å². The van der Waals surface area contributed by atoms with Gasteiger partial charge in [0, 0.05) is 37.8 Å². The summed E-state index contributed by atoms with van der Waals surface area (Å²) < 4.78 is 7.00. The molecule has 3 aromatic heterocycles. The van der Waals surface area contributed by atoms with Crippen LogP contribution >= 0.6 is 11.3 Å². The average molecular weight is 302 g/mol. The molecule has 7 heteroatoms. The van der Waals surface area contributed by atoms with Gasteiger partial charge in [0.2, 0.25) is 0 Å². The molecule has 1 amide bonds. The molecule has 108 valence electrons. The van der Waals surface area contributed by atoms with Crippen LogP contribution in [0.1, 0.15) is 16.1 Å². The molecule has 0 aromatic carbocycles. The lowest BCUT2D eigenvalue weighted by atomic mass is 10.3. The number of aromatic nitrogens is 3. The first-order valence-electron chi connectivity index (χ1n) is 6.36. The molecule has 6 nitrogen and oxygen atoms in total. The van der Waals surface area contributed by atoms with Gasteiger partial charge in [0.1, 0.15) is 5.69 Å². The minimum atomic E-state index is -0.118. The predicted molar refractivity (Wildman–Crippen MR) is 78.8 cm³/mol. The van der Waals surface area contributed by atoms with Crippen LogP contribution in [0.3, 0.4) is 0 Å². The van der Waals surface area contributed by atoms with E-state index < -0.39 is 0 Å². The lowest BCUT2D eigenvalue weighted by molar-refractivity contribution is 0.0780. The second kappa shape index (κ2) is 5.53. The van der Waals surface area contributed by atoms with Crippen molar-refractivity contribution < 1.29 is 9.21 Å². The smallest absolute Gasteiger partial charge is 0.273 e. The summed E-state index contributed by atoms with van der Waals surface area (Å²) in [7, 11) is 3.60. The van der Waals surface area contributed by atoms with E-state index >= 15 is 0 Å². The monoisotopic (exact) mass is 302 g/mol. The Balaban J connectivity index is 1.72. The van der Waals surface area contributed by atoms with Crippen molar-refractivity contribution in [2.45, 2.75) is 6.54 Å². The third kappa shape index (κ3) is 2.87. The highest BCUT2D eigenvalue weighted by atomic mass is 32.1. The summed E-state index contributed by atoms with van der Waals surface area (Å²) in [6.45, 7) is 0.500. The Labute approximate surface area is 125 Å². The van der Waals surface area contributed by atoms with Crippen LogP contribution in [0.2, 0.25) is 0 Å². The Morgan fingerprint density at radius 3 is 3.05 bits per heavy atom. The van der Waals surface area contributed by atoms with Crippen LogP contribution in [0.25, 0.3) is 10.8 Å². The lowest BCUT2D eigenvalue weighted by Crippen LogP contribution is -2.26. The Bertz CT molecular complexity index is 745. The van der Waals surface area contributed by atoms with Crippen LogP contribution in [0.5, 0.6) is 0 Å². The van der Waals surface area contributed by atoms with E-state index in [1.807, 2.05) is 19.3 Å². The summed E-state index contributed by atoms with van der Waals surface area (Å²) in [4.78, 5) is 18.3. The van der Waals surface area contributed by atoms with E-state index in [1.54, 1.807) is 40.5 Å². The van der Waals surface area contributed by atoms with Gasteiger partial charge >= 0.3 is 0 Å². The van der Waals surface area contributed by atoms with Gasteiger partial charge in [-0.15, -0.1) is 11.3 Å². The minimum absolute atomic E-state index is 0.118. The number of thiazole rings is 1. The van der Waals surface area contributed by atoms with Crippen molar-refractivity contribution >= 4 is 17.2 Å². The normalized spacial score (nSPS) is 10.8. The van der Waals surface area contributed by atoms with Gasteiger partial charge in [0.25, 0.3) is 5.91 Å². The molecule has 0 saturated carbocycles. The van der Waals surface area contributed by atoms with E-state index in [0.717, 1.165) is 5.56 Å². The van der Waals surface area contributed by atoms with E-state index in [1.165, 1.54) is 11.3 Å². The third-order valence-electron chi connectivity index (χ3n) is 2.98. The zero-order valence-electron chi connectivity index (χ0n) is 11.7. The summed E-state index contributed by atoms with van der Waals surface area (Å²) in [5.74, 6) is 0.557. The van der Waals surface area contributed by atoms with Gasteiger partial charge in [-0.2, -0.15) is 5.10 Å². The van der Waals surface area contributed by atoms with Crippen LogP contribution in [-0.4, -0.2) is 32.6 Å². The molecule has 0 atom stereocenters. The topological polar surface area (TPSA) is 64.2 Å². The van der Waals surface area contributed by atoms with Crippen molar-refractivity contribution in [3.8, 4) is 10.8 Å². The van der Waals surface area contributed by atoms with Gasteiger partial charge < -0.3 is 9.32 Å². The van der Waals surface area contributed by atoms with Crippen LogP contribution in [0, 0.1) is 0 Å². The molecule has 3 rings (SSSR count). The number of hydrogen-bond donors (Lipinski definition) is 0. The first-order chi connectivity index (χ1) is 10.1. The molecule has 0 N–H and O–H groups in total. The second-order valence-electron chi connectivity index (χ2n) is 4.70. The van der Waals surface area contributed by atoms with Crippen molar-refractivity contribution in [2.75, 3.05) is 7.05 Å². The Morgan fingerprint density at radius 1 is 1.52 bits per heavy atom. The van der Waals surface area contributed by atoms with Crippen LogP contribution in [0.4, 0.5) is 0 Å². The number of carbonyl (C=O) groups is 1. The molecular formula is C14H14N4O2S. The molecule has 0 saturated heterocycles. The molecule has 0 aliphatic heterocycles.